The number of anilines is 1. The van der Waals surface area contributed by atoms with Crippen molar-refractivity contribution in [3.8, 4) is 0 Å². The lowest BCUT2D eigenvalue weighted by Gasteiger charge is -2.09. The third kappa shape index (κ3) is 1.70. The quantitative estimate of drug-likeness (QED) is 0.639. The van der Waals surface area contributed by atoms with Crippen LogP contribution in [-0.4, -0.2) is 26.7 Å². The Hall–Kier alpha value is -1.04. The summed E-state index contributed by atoms with van der Waals surface area (Å²) in [5, 5.41) is 0. The second-order valence-electron chi connectivity index (χ2n) is 2.05. The van der Waals surface area contributed by atoms with Crippen molar-refractivity contribution in [2.75, 3.05) is 17.6 Å². The highest BCUT2D eigenvalue weighted by molar-refractivity contribution is 7.92. The summed E-state index contributed by atoms with van der Waals surface area (Å²) in [4.78, 5) is 3.66. The van der Waals surface area contributed by atoms with Gasteiger partial charge in [0.15, 0.2) is 0 Å². The molecular weight excluding hydrogens is 168 g/mol. The molecule has 0 amide bonds. The minimum Gasteiger partial charge on any atom is -0.431 e. The smallest absolute Gasteiger partial charge is 0.310 e. The Balaban J connectivity index is 2.97. The third-order valence-corrected chi connectivity index (χ3v) is 2.34. The first-order valence-electron chi connectivity index (χ1n) is 2.85. The average Bonchev–Trinajstić information content (AvgIpc) is 2.34. The molecule has 5 nitrogen and oxygen atoms in total. The lowest BCUT2D eigenvalue weighted by atomic mass is 11.0. The molecule has 0 aliphatic heterocycles. The third-order valence-electron chi connectivity index (χ3n) is 1.19. The molecule has 1 heterocycles. The molecular formula is C5H8N2O3S. The highest BCUT2D eigenvalue weighted by Gasteiger charge is 2.14. The van der Waals surface area contributed by atoms with Gasteiger partial charge in [0.25, 0.3) is 0 Å². The molecule has 0 aliphatic rings. The second-order valence-corrected chi connectivity index (χ2v) is 4.06. The van der Waals surface area contributed by atoms with E-state index in [9.17, 15) is 8.42 Å². The van der Waals surface area contributed by atoms with Crippen LogP contribution in [0.4, 0.5) is 6.01 Å². The first-order valence-corrected chi connectivity index (χ1v) is 4.70. The van der Waals surface area contributed by atoms with Gasteiger partial charge in [0, 0.05) is 7.05 Å². The molecule has 0 atom stereocenters. The molecule has 0 bridgehead atoms. The van der Waals surface area contributed by atoms with E-state index in [-0.39, 0.29) is 6.01 Å². The molecule has 0 aliphatic carbocycles. The molecule has 0 radical (unpaired) electrons. The minimum atomic E-state index is -3.25. The molecule has 1 aromatic heterocycles. The van der Waals surface area contributed by atoms with Crippen molar-refractivity contribution >= 4 is 16.0 Å². The molecule has 0 N–H and O–H groups in total. The number of nitrogens with zero attached hydrogens (tertiary/aromatic N) is 2. The molecule has 6 heteroatoms. The van der Waals surface area contributed by atoms with E-state index in [1.807, 2.05) is 0 Å². The zero-order chi connectivity index (χ0) is 8.48. The fourth-order valence-electron chi connectivity index (χ4n) is 0.513. The molecule has 0 unspecified atom stereocenters. The predicted octanol–water partition coefficient (Wildman–Crippen LogP) is 0.0704. The van der Waals surface area contributed by atoms with E-state index >= 15 is 0 Å². The summed E-state index contributed by atoms with van der Waals surface area (Å²) in [7, 11) is -1.87. The van der Waals surface area contributed by atoms with Crippen molar-refractivity contribution in [3.05, 3.63) is 12.5 Å². The number of oxazole rings is 1. The number of hydrogen-bond donors (Lipinski definition) is 0. The molecule has 1 rings (SSSR count). The zero-order valence-electron chi connectivity index (χ0n) is 6.18. The maximum atomic E-state index is 10.9. The van der Waals surface area contributed by atoms with Gasteiger partial charge in [-0.3, -0.25) is 0 Å². The summed E-state index contributed by atoms with van der Waals surface area (Å²) >= 11 is 0. The molecule has 11 heavy (non-hydrogen) atoms. The number of aromatic nitrogens is 1. The van der Waals surface area contributed by atoms with Crippen LogP contribution in [0.1, 0.15) is 0 Å². The van der Waals surface area contributed by atoms with Gasteiger partial charge in [-0.05, 0) is 0 Å². The second kappa shape index (κ2) is 2.54. The topological polar surface area (TPSA) is 63.4 Å². The van der Waals surface area contributed by atoms with Gasteiger partial charge < -0.3 is 4.42 Å². The van der Waals surface area contributed by atoms with Gasteiger partial charge >= 0.3 is 6.01 Å². The van der Waals surface area contributed by atoms with Crippen LogP contribution < -0.4 is 4.31 Å². The normalized spacial score (nSPS) is 11.5. The Labute approximate surface area is 64.7 Å². The molecule has 62 valence electrons. The predicted molar refractivity (Wildman–Crippen MR) is 39.7 cm³/mol. The van der Waals surface area contributed by atoms with E-state index in [2.05, 4.69) is 4.98 Å². The van der Waals surface area contributed by atoms with Gasteiger partial charge in [0.05, 0.1) is 12.5 Å². The lowest BCUT2D eigenvalue weighted by molar-refractivity contribution is 0.553. The summed E-state index contributed by atoms with van der Waals surface area (Å²) in [5.41, 5.74) is 0. The van der Waals surface area contributed by atoms with E-state index in [4.69, 9.17) is 4.42 Å². The van der Waals surface area contributed by atoms with E-state index in [0.717, 1.165) is 10.6 Å². The Morgan fingerprint density at radius 1 is 1.64 bits per heavy atom. The van der Waals surface area contributed by atoms with Crippen LogP contribution in [0.15, 0.2) is 16.9 Å². The van der Waals surface area contributed by atoms with Crippen molar-refractivity contribution in [2.24, 2.45) is 0 Å². The van der Waals surface area contributed by atoms with Crippen molar-refractivity contribution < 1.29 is 12.8 Å². The highest BCUT2D eigenvalue weighted by atomic mass is 32.2. The molecule has 0 saturated carbocycles. The molecule has 0 saturated heterocycles. The Morgan fingerprint density at radius 3 is 2.64 bits per heavy atom. The standard InChI is InChI=1S/C5H8N2O3S/c1-7(11(2,8)9)5-6-3-4-10-5/h3-4H,1-2H3. The van der Waals surface area contributed by atoms with Gasteiger partial charge in [-0.1, -0.05) is 0 Å². The first-order chi connectivity index (χ1) is 5.02. The van der Waals surface area contributed by atoms with Gasteiger partial charge in [-0.25, -0.2) is 17.7 Å². The Bertz CT molecular complexity index is 316. The fraction of sp³-hybridized carbons (Fsp3) is 0.400. The lowest BCUT2D eigenvalue weighted by Crippen LogP contribution is -2.24. The molecule has 0 aromatic carbocycles. The van der Waals surface area contributed by atoms with Crippen LogP contribution in [0, 0.1) is 0 Å². The number of hydrogen-bond acceptors (Lipinski definition) is 4. The Morgan fingerprint density at radius 2 is 2.27 bits per heavy atom. The molecule has 0 fully saturated rings. The fourth-order valence-corrected chi connectivity index (χ4v) is 0.887. The highest BCUT2D eigenvalue weighted by Crippen LogP contribution is 2.10. The monoisotopic (exact) mass is 176 g/mol. The summed E-state index contributed by atoms with van der Waals surface area (Å²) in [6.07, 6.45) is 3.78. The largest absolute Gasteiger partial charge is 0.431 e. The van der Waals surface area contributed by atoms with Crippen LogP contribution in [-0.2, 0) is 10.0 Å². The minimum absolute atomic E-state index is 0.0764. The zero-order valence-corrected chi connectivity index (χ0v) is 7.00. The summed E-state index contributed by atoms with van der Waals surface area (Å²) < 4.78 is 27.4. The first kappa shape index (κ1) is 8.06. The average molecular weight is 176 g/mol. The summed E-state index contributed by atoms with van der Waals surface area (Å²) in [6, 6.07) is 0.0764. The molecule has 1 aromatic rings. The van der Waals surface area contributed by atoms with Gasteiger partial charge in [0.1, 0.15) is 6.26 Å². The summed E-state index contributed by atoms with van der Waals surface area (Å²) in [5.74, 6) is 0. The van der Waals surface area contributed by atoms with E-state index in [0.29, 0.717) is 0 Å². The van der Waals surface area contributed by atoms with Crippen molar-refractivity contribution in [1.29, 1.82) is 0 Å². The van der Waals surface area contributed by atoms with Gasteiger partial charge in [-0.15, -0.1) is 0 Å². The van der Waals surface area contributed by atoms with Crippen LogP contribution in [0.25, 0.3) is 0 Å². The maximum absolute atomic E-state index is 10.9. The van der Waals surface area contributed by atoms with Crippen molar-refractivity contribution in [3.63, 3.8) is 0 Å². The van der Waals surface area contributed by atoms with Crippen LogP contribution in [0.3, 0.4) is 0 Å². The maximum Gasteiger partial charge on any atom is 0.310 e. The van der Waals surface area contributed by atoms with Crippen LogP contribution in [0.2, 0.25) is 0 Å². The molecule has 0 spiro atoms. The number of rotatable bonds is 2. The van der Waals surface area contributed by atoms with Crippen molar-refractivity contribution in [2.45, 2.75) is 0 Å². The van der Waals surface area contributed by atoms with Crippen molar-refractivity contribution in [1.82, 2.24) is 4.98 Å². The SMILES string of the molecule is CN(c1ncco1)S(C)(=O)=O. The van der Waals surface area contributed by atoms with E-state index in [1.165, 1.54) is 19.5 Å². The summed E-state index contributed by atoms with van der Waals surface area (Å²) in [6.45, 7) is 0. The van der Waals surface area contributed by atoms with Crippen LogP contribution >= 0.6 is 0 Å². The number of sulfonamides is 1. The van der Waals surface area contributed by atoms with E-state index in [1.54, 1.807) is 0 Å². The van der Waals surface area contributed by atoms with Crippen LogP contribution in [0.5, 0.6) is 0 Å². The van der Waals surface area contributed by atoms with Gasteiger partial charge in [0.2, 0.25) is 10.0 Å². The Kier molecular flexibility index (Phi) is 1.86. The van der Waals surface area contributed by atoms with Gasteiger partial charge in [-0.2, -0.15) is 0 Å². The van der Waals surface area contributed by atoms with E-state index < -0.39 is 10.0 Å².